The molecule has 2 rings (SSSR count). The maximum absolute atomic E-state index is 9.85. The van der Waals surface area contributed by atoms with Crippen LogP contribution in [0.2, 0.25) is 0 Å². The largest absolute Gasteiger partial charge is 0.385 e. The van der Waals surface area contributed by atoms with Crippen LogP contribution in [0.1, 0.15) is 62.0 Å². The maximum atomic E-state index is 9.85. The van der Waals surface area contributed by atoms with Crippen LogP contribution in [-0.2, 0) is 11.2 Å². The van der Waals surface area contributed by atoms with Gasteiger partial charge in [-0.3, -0.25) is 0 Å². The minimum absolute atomic E-state index is 0.420. The predicted octanol–water partition coefficient (Wildman–Crippen LogP) is 3.35. The van der Waals surface area contributed by atoms with Crippen molar-refractivity contribution < 1.29 is 9.84 Å². The molecule has 0 radical (unpaired) electrons. The molecule has 0 amide bonds. The molecule has 3 heteroatoms. The van der Waals surface area contributed by atoms with E-state index in [0.29, 0.717) is 18.8 Å². The Labute approximate surface area is 128 Å². The van der Waals surface area contributed by atoms with Crippen LogP contribution in [0.5, 0.6) is 0 Å². The molecule has 0 heterocycles. The molecule has 0 aliphatic heterocycles. The zero-order chi connectivity index (χ0) is 15.1. The fourth-order valence-corrected chi connectivity index (χ4v) is 3.23. The van der Waals surface area contributed by atoms with Crippen LogP contribution in [0, 0.1) is 0 Å². The van der Waals surface area contributed by atoms with Crippen LogP contribution in [0.25, 0.3) is 0 Å². The molecule has 0 saturated heterocycles. The molecular weight excluding hydrogens is 262 g/mol. The van der Waals surface area contributed by atoms with Crippen molar-refractivity contribution in [3.05, 3.63) is 35.4 Å². The first-order chi connectivity index (χ1) is 10.1. The van der Waals surface area contributed by atoms with E-state index < -0.39 is 5.72 Å². The lowest BCUT2D eigenvalue weighted by atomic mass is 9.95. The van der Waals surface area contributed by atoms with E-state index in [2.05, 4.69) is 24.3 Å². The molecule has 1 aromatic carbocycles. The van der Waals surface area contributed by atoms with Gasteiger partial charge in [0, 0.05) is 13.7 Å². The van der Waals surface area contributed by atoms with E-state index in [-0.39, 0.29) is 0 Å². The Morgan fingerprint density at radius 3 is 2.52 bits per heavy atom. The van der Waals surface area contributed by atoms with Crippen LogP contribution >= 0.6 is 0 Å². The zero-order valence-corrected chi connectivity index (χ0v) is 13.2. The van der Waals surface area contributed by atoms with Gasteiger partial charge in [0.15, 0.2) is 0 Å². The van der Waals surface area contributed by atoms with E-state index in [1.165, 1.54) is 36.8 Å². The number of unbranched alkanes of at least 4 members (excludes halogenated alkanes) is 3. The predicted molar refractivity (Wildman–Crippen MR) is 86.2 cm³/mol. The van der Waals surface area contributed by atoms with E-state index in [1.807, 2.05) is 0 Å². The summed E-state index contributed by atoms with van der Waals surface area (Å²) in [5.41, 5.74) is 7.57. The highest BCUT2D eigenvalue weighted by Crippen LogP contribution is 2.38. The molecule has 3 nitrogen and oxygen atoms in total. The van der Waals surface area contributed by atoms with Gasteiger partial charge in [-0.25, -0.2) is 0 Å². The van der Waals surface area contributed by atoms with Crippen LogP contribution in [0.3, 0.4) is 0 Å². The Hall–Kier alpha value is -0.900. The molecular formula is C18H29NO2. The first-order valence-electron chi connectivity index (χ1n) is 8.20. The Balaban J connectivity index is 1.72. The number of nitrogens with two attached hydrogens (primary N) is 1. The van der Waals surface area contributed by atoms with E-state index in [4.69, 9.17) is 10.5 Å². The molecule has 21 heavy (non-hydrogen) atoms. The second kappa shape index (κ2) is 7.92. The van der Waals surface area contributed by atoms with Gasteiger partial charge in [-0.2, -0.15) is 0 Å². The topological polar surface area (TPSA) is 55.5 Å². The summed E-state index contributed by atoms with van der Waals surface area (Å²) < 4.78 is 5.06. The second-order valence-corrected chi connectivity index (χ2v) is 6.44. The molecule has 3 N–H and O–H groups in total. The molecule has 118 valence electrons. The van der Waals surface area contributed by atoms with Gasteiger partial charge in [-0.15, -0.1) is 0 Å². The summed E-state index contributed by atoms with van der Waals surface area (Å²) in [6.45, 7) is 0.879. The quantitative estimate of drug-likeness (QED) is 0.570. The van der Waals surface area contributed by atoms with Crippen molar-refractivity contribution in [1.29, 1.82) is 0 Å². The number of aliphatic hydroxyl groups is 1. The molecule has 1 aliphatic carbocycles. The summed E-state index contributed by atoms with van der Waals surface area (Å²) in [6, 6.07) is 8.90. The average molecular weight is 291 g/mol. The highest BCUT2D eigenvalue weighted by atomic mass is 16.5. The minimum atomic E-state index is -0.953. The molecule has 0 aromatic heterocycles. The standard InChI is InChI=1S/C18H29NO2/c1-21-13-5-3-2-4-6-15-7-9-16(10-8-15)17-11-12-18(19,20)14-17/h7-10,17,20H,2-6,11-14,19H2,1H3/t17-,18+/m1/s1. The van der Waals surface area contributed by atoms with E-state index in [0.717, 1.165) is 19.4 Å². The van der Waals surface area contributed by atoms with Crippen molar-refractivity contribution in [3.63, 3.8) is 0 Å². The first-order valence-corrected chi connectivity index (χ1v) is 8.20. The summed E-state index contributed by atoms with van der Waals surface area (Å²) in [5.74, 6) is 0.420. The minimum Gasteiger partial charge on any atom is -0.385 e. The smallest absolute Gasteiger partial charge is 0.114 e. The van der Waals surface area contributed by atoms with Gasteiger partial charge in [0.25, 0.3) is 0 Å². The number of hydrogen-bond acceptors (Lipinski definition) is 3. The fraction of sp³-hybridized carbons (Fsp3) is 0.667. The van der Waals surface area contributed by atoms with Gasteiger partial charge in [-0.1, -0.05) is 37.1 Å². The molecule has 1 aliphatic rings. The first kappa shape index (κ1) is 16.5. The molecule has 0 spiro atoms. The molecule has 0 bridgehead atoms. The highest BCUT2D eigenvalue weighted by Gasteiger charge is 2.34. The Bertz CT molecular complexity index is 414. The van der Waals surface area contributed by atoms with Crippen molar-refractivity contribution in [3.8, 4) is 0 Å². The molecule has 1 aromatic rings. The third-order valence-corrected chi connectivity index (χ3v) is 4.54. The van der Waals surface area contributed by atoms with Crippen LogP contribution < -0.4 is 5.73 Å². The number of benzene rings is 1. The number of aryl methyl sites for hydroxylation is 1. The van der Waals surface area contributed by atoms with Crippen molar-refractivity contribution in [2.45, 2.75) is 63.0 Å². The Morgan fingerprint density at radius 1 is 1.19 bits per heavy atom. The third-order valence-electron chi connectivity index (χ3n) is 4.54. The van der Waals surface area contributed by atoms with Gasteiger partial charge in [0.2, 0.25) is 0 Å². The van der Waals surface area contributed by atoms with Crippen LogP contribution in [0.4, 0.5) is 0 Å². The molecule has 0 unspecified atom stereocenters. The summed E-state index contributed by atoms with van der Waals surface area (Å²) >= 11 is 0. The maximum Gasteiger partial charge on any atom is 0.114 e. The summed E-state index contributed by atoms with van der Waals surface area (Å²) in [5, 5.41) is 9.85. The SMILES string of the molecule is COCCCCCCc1ccc([C@@H]2CC[C@](N)(O)C2)cc1. The Morgan fingerprint density at radius 2 is 1.90 bits per heavy atom. The van der Waals surface area contributed by atoms with E-state index in [1.54, 1.807) is 7.11 Å². The monoisotopic (exact) mass is 291 g/mol. The third kappa shape index (κ3) is 5.42. The average Bonchev–Trinajstić information content (AvgIpc) is 2.84. The van der Waals surface area contributed by atoms with Crippen molar-refractivity contribution >= 4 is 0 Å². The van der Waals surface area contributed by atoms with Crippen LogP contribution in [-0.4, -0.2) is 24.5 Å². The lowest BCUT2D eigenvalue weighted by molar-refractivity contribution is 0.0533. The summed E-state index contributed by atoms with van der Waals surface area (Å²) in [7, 11) is 1.76. The van der Waals surface area contributed by atoms with Gasteiger partial charge in [0.1, 0.15) is 5.72 Å². The van der Waals surface area contributed by atoms with E-state index in [9.17, 15) is 5.11 Å². The molecule has 2 atom stereocenters. The van der Waals surface area contributed by atoms with Crippen molar-refractivity contribution in [2.75, 3.05) is 13.7 Å². The van der Waals surface area contributed by atoms with Gasteiger partial charge in [-0.05, 0) is 55.6 Å². The summed E-state index contributed by atoms with van der Waals surface area (Å²) in [4.78, 5) is 0. The highest BCUT2D eigenvalue weighted by molar-refractivity contribution is 5.26. The zero-order valence-electron chi connectivity index (χ0n) is 13.2. The second-order valence-electron chi connectivity index (χ2n) is 6.44. The Kier molecular flexibility index (Phi) is 6.22. The number of rotatable bonds is 8. The summed E-state index contributed by atoms with van der Waals surface area (Å²) in [6.07, 6.45) is 8.47. The number of methoxy groups -OCH3 is 1. The van der Waals surface area contributed by atoms with Gasteiger partial charge < -0.3 is 15.6 Å². The lowest BCUT2D eigenvalue weighted by Crippen LogP contribution is -2.35. The normalized spacial score (nSPS) is 25.4. The van der Waals surface area contributed by atoms with Crippen molar-refractivity contribution in [1.82, 2.24) is 0 Å². The van der Waals surface area contributed by atoms with Gasteiger partial charge in [0.05, 0.1) is 0 Å². The molecule has 1 fully saturated rings. The number of hydrogen-bond donors (Lipinski definition) is 2. The fourth-order valence-electron chi connectivity index (χ4n) is 3.23. The number of ether oxygens (including phenoxy) is 1. The van der Waals surface area contributed by atoms with E-state index >= 15 is 0 Å². The van der Waals surface area contributed by atoms with Crippen LogP contribution in [0.15, 0.2) is 24.3 Å². The van der Waals surface area contributed by atoms with Gasteiger partial charge >= 0.3 is 0 Å². The lowest BCUT2D eigenvalue weighted by Gasteiger charge is -2.16. The van der Waals surface area contributed by atoms with Crippen molar-refractivity contribution in [2.24, 2.45) is 5.73 Å². The molecule has 1 saturated carbocycles.